The number of hydrogen-bond donors (Lipinski definition) is 1. The van der Waals surface area contributed by atoms with Crippen LogP contribution in [0.25, 0.3) is 39.3 Å². The van der Waals surface area contributed by atoms with E-state index in [-0.39, 0.29) is 12.2 Å². The Hall–Kier alpha value is -4.14. The molecule has 2 aromatic heterocycles. The Morgan fingerprint density at radius 2 is 1.37 bits per heavy atom. The van der Waals surface area contributed by atoms with Gasteiger partial charge in [0.15, 0.2) is 5.65 Å². The summed E-state index contributed by atoms with van der Waals surface area (Å²) >= 11 is 0. The first-order valence-electron chi connectivity index (χ1n) is 12.7. The first kappa shape index (κ1) is 24.2. The molecule has 38 heavy (non-hydrogen) atoms. The lowest BCUT2D eigenvalue weighted by atomic mass is 10.00. The van der Waals surface area contributed by atoms with Crippen molar-refractivity contribution < 1.29 is 13.9 Å². The molecule has 0 amide bonds. The number of aliphatic hydroxyl groups is 1. The number of piperazine rings is 1. The lowest BCUT2D eigenvalue weighted by Gasteiger charge is -2.35. The van der Waals surface area contributed by atoms with Crippen LogP contribution in [-0.4, -0.2) is 63.9 Å². The third-order valence-electron chi connectivity index (χ3n) is 7.01. The van der Waals surface area contributed by atoms with Crippen molar-refractivity contribution in [2.75, 3.05) is 44.2 Å². The number of fused-ring (bicyclic) bond motifs is 1. The van der Waals surface area contributed by atoms with Crippen molar-refractivity contribution in [3.8, 4) is 33.6 Å². The maximum absolute atomic E-state index is 15.3. The molecule has 1 N–H and O–H groups in total. The largest absolute Gasteiger partial charge is 0.395 e. The molecule has 0 radical (unpaired) electrons. The molecule has 3 heterocycles. The van der Waals surface area contributed by atoms with Gasteiger partial charge in [-0.25, -0.2) is 13.8 Å². The van der Waals surface area contributed by atoms with Crippen LogP contribution in [-0.2, 0) is 0 Å². The Kier molecular flexibility index (Phi) is 6.57. The minimum Gasteiger partial charge on any atom is -0.395 e. The predicted molar refractivity (Wildman–Crippen MR) is 145 cm³/mol. The molecule has 0 unspecified atom stereocenters. The van der Waals surface area contributed by atoms with Crippen molar-refractivity contribution in [1.29, 1.82) is 0 Å². The number of halogens is 2. The quantitative estimate of drug-likeness (QED) is 0.343. The third kappa shape index (κ3) is 4.42. The van der Waals surface area contributed by atoms with E-state index in [1.807, 2.05) is 66.7 Å². The summed E-state index contributed by atoms with van der Waals surface area (Å²) in [5.41, 5.74) is 3.38. The summed E-state index contributed by atoms with van der Waals surface area (Å²) in [7, 11) is 0. The van der Waals surface area contributed by atoms with Crippen molar-refractivity contribution in [3.63, 3.8) is 0 Å². The van der Waals surface area contributed by atoms with E-state index in [1.165, 1.54) is 18.2 Å². The van der Waals surface area contributed by atoms with Crippen LogP contribution in [0.2, 0.25) is 0 Å². The molecule has 6 rings (SSSR count). The Bertz CT molecular complexity index is 1540. The topological polar surface area (TPSA) is 56.9 Å². The Balaban J connectivity index is 1.63. The van der Waals surface area contributed by atoms with Gasteiger partial charge in [0.1, 0.15) is 23.1 Å². The van der Waals surface area contributed by atoms with E-state index in [2.05, 4.69) is 9.80 Å². The molecule has 1 saturated heterocycles. The maximum Gasteiger partial charge on any atom is 0.166 e. The van der Waals surface area contributed by atoms with E-state index < -0.39 is 11.6 Å². The van der Waals surface area contributed by atoms with Crippen LogP contribution in [0.4, 0.5) is 14.6 Å². The van der Waals surface area contributed by atoms with Gasteiger partial charge in [-0.15, -0.1) is 0 Å². The molecular weight excluding hydrogens is 484 g/mol. The van der Waals surface area contributed by atoms with Crippen LogP contribution < -0.4 is 4.90 Å². The average molecular weight is 512 g/mol. The second-order valence-corrected chi connectivity index (χ2v) is 9.34. The smallest absolute Gasteiger partial charge is 0.166 e. The molecule has 8 heteroatoms. The molecule has 5 aromatic rings. The van der Waals surface area contributed by atoms with E-state index in [0.29, 0.717) is 29.1 Å². The second kappa shape index (κ2) is 10.3. The molecule has 0 bridgehead atoms. The zero-order valence-electron chi connectivity index (χ0n) is 20.8. The van der Waals surface area contributed by atoms with Gasteiger partial charge in [0.05, 0.1) is 23.4 Å². The molecule has 0 saturated carbocycles. The van der Waals surface area contributed by atoms with Crippen LogP contribution in [0.3, 0.4) is 0 Å². The molecule has 6 nitrogen and oxygen atoms in total. The van der Waals surface area contributed by atoms with Gasteiger partial charge in [0.25, 0.3) is 0 Å². The summed E-state index contributed by atoms with van der Waals surface area (Å²) in [4.78, 5) is 9.38. The molecule has 1 fully saturated rings. The van der Waals surface area contributed by atoms with E-state index >= 15 is 8.78 Å². The fourth-order valence-electron chi connectivity index (χ4n) is 5.09. The number of anilines is 1. The highest BCUT2D eigenvalue weighted by atomic mass is 19.1. The normalized spacial score (nSPS) is 14.3. The Morgan fingerprint density at radius 3 is 2.00 bits per heavy atom. The number of benzene rings is 3. The lowest BCUT2D eigenvalue weighted by Crippen LogP contribution is -2.47. The zero-order valence-corrected chi connectivity index (χ0v) is 20.8. The summed E-state index contributed by atoms with van der Waals surface area (Å²) in [6, 6.07) is 25.1. The van der Waals surface area contributed by atoms with E-state index in [4.69, 9.17) is 10.1 Å². The number of aromatic nitrogens is 3. The molecule has 0 aliphatic carbocycles. The Morgan fingerprint density at radius 1 is 0.737 bits per heavy atom. The summed E-state index contributed by atoms with van der Waals surface area (Å²) in [6.45, 7) is 3.76. The van der Waals surface area contributed by atoms with Gasteiger partial charge in [-0.3, -0.25) is 4.90 Å². The van der Waals surface area contributed by atoms with Gasteiger partial charge in [-0.05, 0) is 12.1 Å². The minimum absolute atomic E-state index is 0.120. The van der Waals surface area contributed by atoms with Gasteiger partial charge in [0.2, 0.25) is 0 Å². The summed E-state index contributed by atoms with van der Waals surface area (Å²) < 4.78 is 32.3. The van der Waals surface area contributed by atoms with Gasteiger partial charge < -0.3 is 10.0 Å². The highest BCUT2D eigenvalue weighted by Gasteiger charge is 2.27. The molecule has 0 spiro atoms. The summed E-state index contributed by atoms with van der Waals surface area (Å²) in [5, 5.41) is 14.3. The molecule has 3 aromatic carbocycles. The second-order valence-electron chi connectivity index (χ2n) is 9.34. The van der Waals surface area contributed by atoms with E-state index in [1.54, 1.807) is 4.52 Å². The van der Waals surface area contributed by atoms with E-state index in [0.717, 1.165) is 43.1 Å². The standard InChI is InChI=1S/C30H27F2N5O/c31-23-12-7-13-24(32)27(23)28-29(22-10-5-2-6-11-22)34-37-26(36-16-14-35(15-17-36)18-19-38)20-25(33-30(28)37)21-8-3-1-4-9-21/h1-13,20,38H,14-19H2. The number of aliphatic hydroxyl groups excluding tert-OH is 1. The van der Waals surface area contributed by atoms with Crippen molar-refractivity contribution >= 4 is 11.5 Å². The highest BCUT2D eigenvalue weighted by molar-refractivity contribution is 5.92. The lowest BCUT2D eigenvalue weighted by molar-refractivity contribution is 0.188. The first-order chi connectivity index (χ1) is 18.6. The molecule has 1 aliphatic heterocycles. The summed E-state index contributed by atoms with van der Waals surface area (Å²) in [6.07, 6.45) is 0. The SMILES string of the molecule is OCCN1CCN(c2cc(-c3ccccc3)nc3c(-c4c(F)cccc4F)c(-c4ccccc4)nn23)CC1. The van der Waals surface area contributed by atoms with Crippen LogP contribution >= 0.6 is 0 Å². The van der Waals surface area contributed by atoms with E-state index in [9.17, 15) is 5.11 Å². The van der Waals surface area contributed by atoms with Gasteiger partial charge in [-0.1, -0.05) is 66.7 Å². The van der Waals surface area contributed by atoms with Crippen LogP contribution in [0.1, 0.15) is 0 Å². The fourth-order valence-corrected chi connectivity index (χ4v) is 5.09. The first-order valence-corrected chi connectivity index (χ1v) is 12.7. The van der Waals surface area contributed by atoms with Gasteiger partial charge >= 0.3 is 0 Å². The summed E-state index contributed by atoms with van der Waals surface area (Å²) in [5.74, 6) is -0.524. The van der Waals surface area contributed by atoms with Crippen molar-refractivity contribution in [1.82, 2.24) is 19.5 Å². The average Bonchev–Trinajstić information content (AvgIpc) is 3.33. The maximum atomic E-state index is 15.3. The van der Waals surface area contributed by atoms with Gasteiger partial charge in [0, 0.05) is 49.9 Å². The highest BCUT2D eigenvalue weighted by Crippen LogP contribution is 2.39. The minimum atomic E-state index is -0.664. The monoisotopic (exact) mass is 511 g/mol. The molecule has 1 aliphatic rings. The van der Waals surface area contributed by atoms with Crippen molar-refractivity contribution in [2.24, 2.45) is 0 Å². The fraction of sp³-hybridized carbons (Fsp3) is 0.200. The molecule has 192 valence electrons. The van der Waals surface area contributed by atoms with Gasteiger partial charge in [-0.2, -0.15) is 9.61 Å². The third-order valence-corrected chi connectivity index (χ3v) is 7.01. The number of rotatable bonds is 6. The molecule has 0 atom stereocenters. The van der Waals surface area contributed by atoms with Crippen molar-refractivity contribution in [2.45, 2.75) is 0 Å². The number of nitrogens with zero attached hydrogens (tertiary/aromatic N) is 5. The predicted octanol–water partition coefficient (Wildman–Crippen LogP) is 5.12. The van der Waals surface area contributed by atoms with Crippen LogP contribution in [0.15, 0.2) is 84.9 Å². The van der Waals surface area contributed by atoms with Crippen LogP contribution in [0.5, 0.6) is 0 Å². The number of β-amino-alcohol motifs (C(OH)–C–C–N with tert-alkyl or cyclic N) is 1. The number of hydrogen-bond acceptors (Lipinski definition) is 5. The Labute approximate surface area is 219 Å². The van der Waals surface area contributed by atoms with Crippen LogP contribution in [0, 0.1) is 11.6 Å². The molecular formula is C30H27F2N5O. The van der Waals surface area contributed by atoms with Crippen molar-refractivity contribution in [3.05, 3.63) is 96.6 Å². The zero-order chi connectivity index (χ0) is 26.1.